The molecule has 1 aromatic carbocycles. The summed E-state index contributed by atoms with van der Waals surface area (Å²) in [5.74, 6) is -0.321. The van der Waals surface area contributed by atoms with Crippen molar-refractivity contribution in [2.24, 2.45) is 5.73 Å². The third-order valence-electron chi connectivity index (χ3n) is 4.64. The first-order valence-corrected chi connectivity index (χ1v) is 8.60. The molecule has 0 aliphatic carbocycles. The van der Waals surface area contributed by atoms with Crippen molar-refractivity contribution in [3.05, 3.63) is 66.5 Å². The van der Waals surface area contributed by atoms with Gasteiger partial charge in [0.2, 0.25) is 5.95 Å². The van der Waals surface area contributed by atoms with E-state index in [-0.39, 0.29) is 5.69 Å². The number of nitrogens with zero attached hydrogens (tertiary/aromatic N) is 6. The van der Waals surface area contributed by atoms with Crippen LogP contribution >= 0.6 is 0 Å². The average Bonchev–Trinajstić information content (AvgIpc) is 3.37. The normalized spacial score (nSPS) is 11.5. The maximum Gasteiger partial charge on any atom is 0.269 e. The molecule has 0 saturated carbocycles. The molecule has 0 atom stereocenters. The van der Waals surface area contributed by atoms with Crippen molar-refractivity contribution < 1.29 is 4.79 Å². The van der Waals surface area contributed by atoms with E-state index in [2.05, 4.69) is 21.0 Å². The van der Waals surface area contributed by atoms with Crippen molar-refractivity contribution in [2.45, 2.75) is 19.3 Å². The molecule has 4 rings (SSSR count). The molecule has 0 radical (unpaired) electrons. The fourth-order valence-corrected chi connectivity index (χ4v) is 3.02. The van der Waals surface area contributed by atoms with Crippen molar-refractivity contribution >= 4 is 16.9 Å². The molecule has 0 saturated heterocycles. The first-order chi connectivity index (χ1) is 13.4. The zero-order valence-corrected chi connectivity index (χ0v) is 15.4. The Morgan fingerprint density at radius 3 is 2.50 bits per heavy atom. The van der Waals surface area contributed by atoms with Crippen LogP contribution in [-0.4, -0.2) is 30.0 Å². The largest absolute Gasteiger partial charge is 0.364 e. The summed E-state index contributed by atoms with van der Waals surface area (Å²) in [6.45, 7) is 3.73. The van der Waals surface area contributed by atoms with Crippen LogP contribution in [0.4, 0.5) is 0 Å². The summed E-state index contributed by atoms with van der Waals surface area (Å²) in [7, 11) is 0. The Morgan fingerprint density at radius 1 is 1.14 bits per heavy atom. The maximum absolute atomic E-state index is 12.1. The second-order valence-corrected chi connectivity index (χ2v) is 6.91. The minimum absolute atomic E-state index is 0.125. The average molecular weight is 371 g/mol. The molecule has 0 fully saturated rings. The summed E-state index contributed by atoms with van der Waals surface area (Å²) in [5.41, 5.74) is 7.99. The van der Waals surface area contributed by atoms with E-state index in [1.165, 1.54) is 0 Å². The van der Waals surface area contributed by atoms with Gasteiger partial charge in [0, 0.05) is 24.3 Å². The van der Waals surface area contributed by atoms with Gasteiger partial charge in [0.25, 0.3) is 5.91 Å². The van der Waals surface area contributed by atoms with E-state index in [9.17, 15) is 10.1 Å². The Balaban J connectivity index is 1.87. The SMILES string of the molecule is CC(C)(C#N)c1ccc(-n2ccc3nc(-n4ccnc4)nc(C(N)=O)c32)cc1. The van der Waals surface area contributed by atoms with Gasteiger partial charge >= 0.3 is 0 Å². The Kier molecular flexibility index (Phi) is 3.93. The van der Waals surface area contributed by atoms with Gasteiger partial charge in [0.05, 0.1) is 17.0 Å². The number of hydrogen-bond acceptors (Lipinski definition) is 5. The Morgan fingerprint density at radius 2 is 1.89 bits per heavy atom. The van der Waals surface area contributed by atoms with Crippen LogP contribution in [0, 0.1) is 11.3 Å². The highest BCUT2D eigenvalue weighted by Gasteiger charge is 2.21. The molecule has 8 heteroatoms. The van der Waals surface area contributed by atoms with E-state index in [4.69, 9.17) is 5.73 Å². The van der Waals surface area contributed by atoms with E-state index in [1.54, 1.807) is 29.4 Å². The summed E-state index contributed by atoms with van der Waals surface area (Å²) >= 11 is 0. The van der Waals surface area contributed by atoms with Crippen molar-refractivity contribution in [3.63, 3.8) is 0 Å². The standard InChI is InChI=1S/C20H17N7O/c1-20(2,11-21)13-3-5-14(6-4-13)27-9-7-15-17(27)16(18(22)28)25-19(24-15)26-10-8-23-12-26/h3-10,12H,1-2H3,(H2,22,28). The van der Waals surface area contributed by atoms with E-state index in [0.717, 1.165) is 11.3 Å². The molecule has 1 amide bonds. The number of aromatic nitrogens is 5. The third kappa shape index (κ3) is 2.79. The monoisotopic (exact) mass is 371 g/mol. The van der Waals surface area contributed by atoms with Gasteiger partial charge in [-0.05, 0) is 37.6 Å². The molecule has 8 nitrogen and oxygen atoms in total. The van der Waals surface area contributed by atoms with Crippen LogP contribution in [0.15, 0.2) is 55.2 Å². The van der Waals surface area contributed by atoms with Gasteiger partial charge in [0.1, 0.15) is 11.8 Å². The molecule has 2 N–H and O–H groups in total. The van der Waals surface area contributed by atoms with E-state index in [1.807, 2.05) is 48.9 Å². The highest BCUT2D eigenvalue weighted by molar-refractivity contribution is 6.03. The zero-order valence-electron chi connectivity index (χ0n) is 15.4. The number of imidazole rings is 1. The first-order valence-electron chi connectivity index (χ1n) is 8.60. The fraction of sp³-hybridized carbons (Fsp3) is 0.150. The predicted molar refractivity (Wildman–Crippen MR) is 103 cm³/mol. The summed E-state index contributed by atoms with van der Waals surface area (Å²) in [6, 6.07) is 11.7. The maximum atomic E-state index is 12.1. The van der Waals surface area contributed by atoms with Crippen LogP contribution in [0.2, 0.25) is 0 Å². The number of hydrogen-bond donors (Lipinski definition) is 1. The number of benzene rings is 1. The molecule has 0 unspecified atom stereocenters. The number of fused-ring (bicyclic) bond motifs is 1. The molecular weight excluding hydrogens is 354 g/mol. The summed E-state index contributed by atoms with van der Waals surface area (Å²) in [6.07, 6.45) is 6.66. The molecule has 0 spiro atoms. The van der Waals surface area contributed by atoms with Gasteiger partial charge < -0.3 is 10.3 Å². The second-order valence-electron chi connectivity index (χ2n) is 6.91. The lowest BCUT2D eigenvalue weighted by molar-refractivity contribution is 0.0997. The van der Waals surface area contributed by atoms with Gasteiger partial charge in [-0.15, -0.1) is 0 Å². The predicted octanol–water partition coefficient (Wildman–Crippen LogP) is 2.51. The summed E-state index contributed by atoms with van der Waals surface area (Å²) < 4.78 is 3.43. The van der Waals surface area contributed by atoms with Crippen LogP contribution in [0.25, 0.3) is 22.7 Å². The second kappa shape index (κ2) is 6.32. The number of rotatable bonds is 4. The Hall–Kier alpha value is -3.99. The number of primary amides is 1. The molecule has 4 aromatic rings. The van der Waals surface area contributed by atoms with Gasteiger partial charge in [-0.25, -0.2) is 15.0 Å². The third-order valence-corrected chi connectivity index (χ3v) is 4.64. The number of carbonyl (C=O) groups excluding carboxylic acids is 1. The highest BCUT2D eigenvalue weighted by atomic mass is 16.1. The smallest absolute Gasteiger partial charge is 0.269 e. The molecule has 0 bridgehead atoms. The molecule has 0 aliphatic heterocycles. The summed E-state index contributed by atoms with van der Waals surface area (Å²) in [5, 5.41) is 9.31. The number of nitriles is 1. The minimum atomic E-state index is -0.643. The molecule has 3 aromatic heterocycles. The van der Waals surface area contributed by atoms with Crippen LogP contribution in [0.5, 0.6) is 0 Å². The molecule has 138 valence electrons. The highest BCUT2D eigenvalue weighted by Crippen LogP contribution is 2.26. The Bertz CT molecular complexity index is 1210. The van der Waals surface area contributed by atoms with Gasteiger partial charge in [-0.2, -0.15) is 5.26 Å². The Labute approximate surface area is 160 Å². The van der Waals surface area contributed by atoms with Crippen molar-refractivity contribution in [3.8, 4) is 17.7 Å². The van der Waals surface area contributed by atoms with Gasteiger partial charge in [-0.3, -0.25) is 9.36 Å². The molecule has 28 heavy (non-hydrogen) atoms. The topological polar surface area (TPSA) is 115 Å². The van der Waals surface area contributed by atoms with Crippen molar-refractivity contribution in [1.29, 1.82) is 5.26 Å². The van der Waals surface area contributed by atoms with Crippen LogP contribution in [0.3, 0.4) is 0 Å². The van der Waals surface area contributed by atoms with Gasteiger partial charge in [-0.1, -0.05) is 12.1 Å². The van der Waals surface area contributed by atoms with Crippen molar-refractivity contribution in [2.75, 3.05) is 0 Å². The lowest BCUT2D eigenvalue weighted by atomic mass is 9.86. The van der Waals surface area contributed by atoms with E-state index in [0.29, 0.717) is 17.0 Å². The summed E-state index contributed by atoms with van der Waals surface area (Å²) in [4.78, 5) is 24.9. The van der Waals surface area contributed by atoms with Crippen molar-refractivity contribution in [1.82, 2.24) is 24.1 Å². The molecule has 3 heterocycles. The van der Waals surface area contributed by atoms with E-state index >= 15 is 0 Å². The molecular formula is C20H17N7O. The lowest BCUT2D eigenvalue weighted by Crippen LogP contribution is -2.17. The number of nitrogens with two attached hydrogens (primary N) is 1. The first kappa shape index (κ1) is 17.4. The number of carbonyl (C=O) groups is 1. The zero-order chi connectivity index (χ0) is 19.9. The van der Waals surface area contributed by atoms with Crippen LogP contribution < -0.4 is 5.73 Å². The van der Waals surface area contributed by atoms with Gasteiger partial charge in [0.15, 0.2) is 5.69 Å². The van der Waals surface area contributed by atoms with Crippen LogP contribution in [-0.2, 0) is 5.41 Å². The van der Waals surface area contributed by atoms with E-state index < -0.39 is 11.3 Å². The van der Waals surface area contributed by atoms with Crippen LogP contribution in [0.1, 0.15) is 29.9 Å². The molecule has 0 aliphatic rings. The lowest BCUT2D eigenvalue weighted by Gasteiger charge is -2.16. The fourth-order valence-electron chi connectivity index (χ4n) is 3.02. The minimum Gasteiger partial charge on any atom is -0.364 e. The number of amides is 1. The quantitative estimate of drug-likeness (QED) is 0.592.